The molecule has 0 saturated heterocycles. The van der Waals surface area contributed by atoms with E-state index in [1.54, 1.807) is 0 Å². The quantitative estimate of drug-likeness (QED) is 0.206. The van der Waals surface area contributed by atoms with E-state index in [0.29, 0.717) is 29.4 Å². The number of hydrogen-bond donors (Lipinski definition) is 2. The Balaban J connectivity index is 1.83. The molecule has 1 aromatic carbocycles. The summed E-state index contributed by atoms with van der Waals surface area (Å²) in [4.78, 5) is 31.3. The van der Waals surface area contributed by atoms with Crippen molar-refractivity contribution in [3.8, 4) is 27.4 Å². The largest absolute Gasteiger partial charge is 0.481 e. The Morgan fingerprint density at radius 3 is 2.18 bits per heavy atom. The molecular weight excluding hydrogens is 506 g/mol. The first kappa shape index (κ1) is 30.4. The van der Waals surface area contributed by atoms with E-state index in [1.807, 2.05) is 24.4 Å². The average Bonchev–Trinajstić information content (AvgIpc) is 3.42. The molecule has 7 heteroatoms. The fourth-order valence-corrected chi connectivity index (χ4v) is 5.03. The van der Waals surface area contributed by atoms with Gasteiger partial charge in [-0.15, -0.1) is 11.3 Å². The van der Waals surface area contributed by atoms with Crippen molar-refractivity contribution < 1.29 is 14.3 Å². The molecular formula is C32H43N3O3S. The van der Waals surface area contributed by atoms with Crippen LogP contribution in [0, 0.1) is 0 Å². The van der Waals surface area contributed by atoms with Crippen LogP contribution in [0.5, 0.6) is 5.75 Å². The molecule has 0 atom stereocenters. The maximum Gasteiger partial charge on any atom is 0.261 e. The SMILES string of the molecule is CCCCCNC(=O)COc1cc(-c2ccc(C(C)(C)C)cc2)cnc1-c1ccc(C(=O)NCCCCC)s1. The van der Waals surface area contributed by atoms with Gasteiger partial charge < -0.3 is 15.4 Å². The van der Waals surface area contributed by atoms with Crippen molar-refractivity contribution in [2.24, 2.45) is 0 Å². The first-order valence-corrected chi connectivity index (χ1v) is 14.9. The van der Waals surface area contributed by atoms with Crippen LogP contribution in [0.3, 0.4) is 0 Å². The summed E-state index contributed by atoms with van der Waals surface area (Å²) in [6.07, 6.45) is 8.14. The standard InChI is InChI=1S/C32H43N3O3S/c1-6-8-10-18-33-29(36)22-38-26-20-24(23-12-14-25(15-13-23)32(3,4)5)21-35-30(26)27-16-17-28(39-27)31(37)34-19-11-9-7-2/h12-17,20-21H,6-11,18-19,22H2,1-5H3,(H,33,36)(H,34,37). The normalized spacial score (nSPS) is 11.3. The second-order valence-corrected chi connectivity index (χ2v) is 12.0. The number of nitrogens with one attached hydrogen (secondary N) is 2. The van der Waals surface area contributed by atoms with Gasteiger partial charge in [0.15, 0.2) is 6.61 Å². The molecule has 2 aromatic heterocycles. The fraction of sp³-hybridized carbons (Fsp3) is 0.469. The van der Waals surface area contributed by atoms with E-state index in [-0.39, 0.29) is 23.8 Å². The predicted octanol–water partition coefficient (Wildman–Crippen LogP) is 7.38. The monoisotopic (exact) mass is 549 g/mol. The summed E-state index contributed by atoms with van der Waals surface area (Å²) >= 11 is 1.38. The highest BCUT2D eigenvalue weighted by molar-refractivity contribution is 7.17. The van der Waals surface area contributed by atoms with E-state index in [4.69, 9.17) is 9.72 Å². The van der Waals surface area contributed by atoms with Gasteiger partial charge in [-0.25, -0.2) is 0 Å². The Bertz CT molecular complexity index is 1210. The number of carbonyl (C=O) groups excluding carboxylic acids is 2. The van der Waals surface area contributed by atoms with Gasteiger partial charge in [0, 0.05) is 24.8 Å². The van der Waals surface area contributed by atoms with Crippen molar-refractivity contribution >= 4 is 23.2 Å². The lowest BCUT2D eigenvalue weighted by Gasteiger charge is -2.19. The minimum atomic E-state index is -0.157. The molecule has 2 heterocycles. The van der Waals surface area contributed by atoms with Gasteiger partial charge in [0.1, 0.15) is 11.4 Å². The third-order valence-corrected chi connectivity index (χ3v) is 7.62. The Morgan fingerprint density at radius 1 is 0.872 bits per heavy atom. The maximum absolute atomic E-state index is 12.6. The Morgan fingerprint density at radius 2 is 1.54 bits per heavy atom. The minimum absolute atomic E-state index is 0.0680. The van der Waals surface area contributed by atoms with Gasteiger partial charge in [-0.1, -0.05) is 84.6 Å². The van der Waals surface area contributed by atoms with E-state index in [9.17, 15) is 9.59 Å². The molecule has 2 N–H and O–H groups in total. The van der Waals surface area contributed by atoms with Crippen LogP contribution in [-0.4, -0.2) is 36.5 Å². The predicted molar refractivity (Wildman–Crippen MR) is 162 cm³/mol. The van der Waals surface area contributed by atoms with E-state index in [2.05, 4.69) is 69.5 Å². The van der Waals surface area contributed by atoms with Gasteiger partial charge in [-0.2, -0.15) is 0 Å². The number of hydrogen-bond acceptors (Lipinski definition) is 5. The van der Waals surface area contributed by atoms with Gasteiger partial charge in [-0.3, -0.25) is 14.6 Å². The molecule has 39 heavy (non-hydrogen) atoms. The lowest BCUT2D eigenvalue weighted by atomic mass is 9.86. The third kappa shape index (κ3) is 9.20. The van der Waals surface area contributed by atoms with E-state index in [1.165, 1.54) is 16.9 Å². The maximum atomic E-state index is 12.6. The second-order valence-electron chi connectivity index (χ2n) is 10.9. The molecule has 0 fully saturated rings. The van der Waals surface area contributed by atoms with Crippen LogP contribution < -0.4 is 15.4 Å². The molecule has 0 saturated carbocycles. The highest BCUT2D eigenvalue weighted by Gasteiger charge is 2.18. The Labute approximate surface area is 237 Å². The van der Waals surface area contributed by atoms with Crippen LogP contribution in [0.4, 0.5) is 0 Å². The lowest BCUT2D eigenvalue weighted by Crippen LogP contribution is -2.29. The molecule has 3 aromatic rings. The number of nitrogens with zero attached hydrogens (tertiary/aromatic N) is 1. The fourth-order valence-electron chi connectivity index (χ4n) is 4.11. The molecule has 0 unspecified atom stereocenters. The van der Waals surface area contributed by atoms with Crippen LogP contribution in [0.1, 0.15) is 88.4 Å². The highest BCUT2D eigenvalue weighted by Crippen LogP contribution is 2.36. The van der Waals surface area contributed by atoms with Gasteiger partial charge in [0.2, 0.25) is 0 Å². The molecule has 0 aliphatic carbocycles. The summed E-state index contributed by atoms with van der Waals surface area (Å²) in [5, 5.41) is 5.92. The molecule has 0 radical (unpaired) electrons. The third-order valence-electron chi connectivity index (χ3n) is 6.53. The molecule has 6 nitrogen and oxygen atoms in total. The van der Waals surface area contributed by atoms with Crippen molar-refractivity contribution in [2.45, 2.75) is 78.6 Å². The number of carbonyl (C=O) groups is 2. The van der Waals surface area contributed by atoms with E-state index < -0.39 is 0 Å². The van der Waals surface area contributed by atoms with E-state index in [0.717, 1.165) is 54.5 Å². The van der Waals surface area contributed by atoms with Crippen molar-refractivity contribution in [2.75, 3.05) is 19.7 Å². The van der Waals surface area contributed by atoms with Crippen LogP contribution in [0.15, 0.2) is 48.7 Å². The van der Waals surface area contributed by atoms with Gasteiger partial charge in [-0.05, 0) is 47.6 Å². The first-order valence-electron chi connectivity index (χ1n) is 14.1. The zero-order valence-electron chi connectivity index (χ0n) is 24.1. The number of ether oxygens (including phenoxy) is 1. The molecule has 0 bridgehead atoms. The first-order chi connectivity index (χ1) is 18.7. The van der Waals surface area contributed by atoms with Gasteiger partial charge in [0.05, 0.1) is 9.75 Å². The number of aromatic nitrogens is 1. The molecule has 0 aliphatic heterocycles. The average molecular weight is 550 g/mol. The molecule has 210 valence electrons. The van der Waals surface area contributed by atoms with Crippen molar-refractivity contribution in [1.82, 2.24) is 15.6 Å². The summed E-state index contributed by atoms with van der Waals surface area (Å²) in [7, 11) is 0. The van der Waals surface area contributed by atoms with Crippen LogP contribution in [-0.2, 0) is 10.2 Å². The van der Waals surface area contributed by atoms with E-state index >= 15 is 0 Å². The summed E-state index contributed by atoms with van der Waals surface area (Å²) in [5.41, 5.74) is 3.88. The zero-order chi connectivity index (χ0) is 28.3. The summed E-state index contributed by atoms with van der Waals surface area (Å²) < 4.78 is 6.04. The van der Waals surface area contributed by atoms with Crippen molar-refractivity contribution in [3.05, 3.63) is 59.1 Å². The molecule has 3 rings (SSSR count). The lowest BCUT2D eigenvalue weighted by molar-refractivity contribution is -0.123. The smallest absolute Gasteiger partial charge is 0.261 e. The number of rotatable bonds is 14. The second kappa shape index (κ2) is 14.8. The zero-order valence-corrected chi connectivity index (χ0v) is 24.9. The van der Waals surface area contributed by atoms with Crippen LogP contribution >= 0.6 is 11.3 Å². The van der Waals surface area contributed by atoms with Gasteiger partial charge in [0.25, 0.3) is 11.8 Å². The van der Waals surface area contributed by atoms with Crippen molar-refractivity contribution in [1.29, 1.82) is 0 Å². The number of thiophene rings is 1. The molecule has 0 spiro atoms. The van der Waals surface area contributed by atoms with Crippen molar-refractivity contribution in [3.63, 3.8) is 0 Å². The Kier molecular flexibility index (Phi) is 11.5. The molecule has 2 amide bonds. The van der Waals surface area contributed by atoms with Crippen LogP contribution in [0.25, 0.3) is 21.7 Å². The summed E-state index contributed by atoms with van der Waals surface area (Å²) in [5.74, 6) is 0.287. The highest BCUT2D eigenvalue weighted by atomic mass is 32.1. The Hall–Kier alpha value is -3.19. The minimum Gasteiger partial charge on any atom is -0.481 e. The molecule has 0 aliphatic rings. The van der Waals surface area contributed by atoms with Crippen LogP contribution in [0.2, 0.25) is 0 Å². The summed E-state index contributed by atoms with van der Waals surface area (Å²) in [6.45, 7) is 12.1. The number of unbranched alkanes of at least 4 members (excludes halogenated alkanes) is 4. The number of benzene rings is 1. The topological polar surface area (TPSA) is 80.3 Å². The van der Waals surface area contributed by atoms with Gasteiger partial charge >= 0.3 is 0 Å². The number of amides is 2. The summed E-state index contributed by atoms with van der Waals surface area (Å²) in [6, 6.07) is 14.1. The number of pyridine rings is 1.